The van der Waals surface area contributed by atoms with Gasteiger partial charge in [0.05, 0.1) is 6.26 Å². The molecule has 3 N–H and O–H groups in total. The molecule has 0 bridgehead atoms. The quantitative estimate of drug-likeness (QED) is 0.293. The molecule has 2 unspecified atom stereocenters. The third kappa shape index (κ3) is 5.85. The van der Waals surface area contributed by atoms with Crippen LogP contribution < -0.4 is 11.1 Å². The van der Waals surface area contributed by atoms with Crippen LogP contribution >= 0.6 is 0 Å². The summed E-state index contributed by atoms with van der Waals surface area (Å²) in [6, 6.07) is -0.923. The summed E-state index contributed by atoms with van der Waals surface area (Å²) in [4.78, 5) is 21.6. The number of hydrogen-bond donors (Lipinski definition) is 2. The number of allylic oxidation sites excluding steroid dienone is 1. The van der Waals surface area contributed by atoms with Gasteiger partial charge in [0.25, 0.3) is 0 Å². The summed E-state index contributed by atoms with van der Waals surface area (Å²) >= 11 is 0. The fraction of sp³-hybridized carbons (Fsp3) is 0.538. The van der Waals surface area contributed by atoms with Gasteiger partial charge in [0.2, 0.25) is 5.91 Å². The standard InChI is InChI=1S/C9H15NO4S.C4H7NO.Na.H/c1-5-8(11)9(4,7(3)10)15(12,13)14-6-2;6-4-2-1-3-5-4;;/h5-7H,1-2,10H2,3-4H3;1-3H2,(H,5,6);;. The summed E-state index contributed by atoms with van der Waals surface area (Å²) in [5.74, 6) is -0.505. The number of nitrogens with one attached hydrogen (secondary N) is 1. The molecule has 1 saturated heterocycles. The Kier molecular flexibility index (Phi) is 10.9. The van der Waals surface area contributed by atoms with Crippen LogP contribution in [0.15, 0.2) is 25.5 Å². The summed E-state index contributed by atoms with van der Waals surface area (Å²) in [6.07, 6.45) is 3.42. The Balaban J connectivity index is 0. The fourth-order valence-electron chi connectivity index (χ4n) is 1.53. The molecule has 0 aromatic carbocycles. The van der Waals surface area contributed by atoms with Crippen molar-refractivity contribution in [1.82, 2.24) is 5.32 Å². The van der Waals surface area contributed by atoms with Gasteiger partial charge >= 0.3 is 39.7 Å². The van der Waals surface area contributed by atoms with Crippen molar-refractivity contribution < 1.29 is 22.2 Å². The average Bonchev–Trinajstić information content (AvgIpc) is 2.88. The van der Waals surface area contributed by atoms with Crippen molar-refractivity contribution in [2.45, 2.75) is 37.5 Å². The molecule has 1 fully saturated rings. The monoisotopic (exact) mass is 342 g/mol. The zero-order valence-electron chi connectivity index (χ0n) is 12.3. The molecular formula is C13H23N2NaO5S. The molecule has 0 spiro atoms. The number of amides is 1. The summed E-state index contributed by atoms with van der Waals surface area (Å²) in [7, 11) is -4.15. The molecule has 0 aromatic rings. The SMILES string of the molecule is C=COS(=O)(=O)C(C)(C(=O)C=C)C(C)N.O=C1CCCN1.[NaH]. The molecule has 9 heteroatoms. The third-order valence-corrected chi connectivity index (χ3v) is 5.16. The van der Waals surface area contributed by atoms with E-state index in [-0.39, 0.29) is 35.5 Å². The first kappa shape index (κ1) is 23.6. The van der Waals surface area contributed by atoms with Crippen molar-refractivity contribution >= 4 is 51.4 Å². The first-order chi connectivity index (χ1) is 9.63. The summed E-state index contributed by atoms with van der Waals surface area (Å²) in [5, 5.41) is 2.68. The molecule has 1 amide bonds. The van der Waals surface area contributed by atoms with E-state index in [9.17, 15) is 18.0 Å². The van der Waals surface area contributed by atoms with E-state index in [0.717, 1.165) is 31.7 Å². The predicted molar refractivity (Wildman–Crippen MR) is 86.9 cm³/mol. The van der Waals surface area contributed by atoms with E-state index in [2.05, 4.69) is 22.7 Å². The van der Waals surface area contributed by atoms with Crippen molar-refractivity contribution in [3.8, 4) is 0 Å². The molecule has 7 nitrogen and oxygen atoms in total. The minimum atomic E-state index is -4.15. The summed E-state index contributed by atoms with van der Waals surface area (Å²) < 4.78 is 25.8. The van der Waals surface area contributed by atoms with Gasteiger partial charge in [-0.1, -0.05) is 13.2 Å². The van der Waals surface area contributed by atoms with Gasteiger partial charge < -0.3 is 15.2 Å². The Bertz CT molecular complexity index is 511. The van der Waals surface area contributed by atoms with Gasteiger partial charge in [-0.2, -0.15) is 8.42 Å². The van der Waals surface area contributed by atoms with Gasteiger partial charge in [0, 0.05) is 19.0 Å². The molecule has 1 rings (SSSR count). The Hall–Kier alpha value is -0.670. The zero-order chi connectivity index (χ0) is 16.7. The second kappa shape index (κ2) is 10.2. The van der Waals surface area contributed by atoms with Crippen LogP contribution in [0.5, 0.6) is 0 Å². The molecule has 22 heavy (non-hydrogen) atoms. The second-order valence-corrected chi connectivity index (χ2v) is 6.58. The van der Waals surface area contributed by atoms with Crippen molar-refractivity contribution in [3.63, 3.8) is 0 Å². The minimum absolute atomic E-state index is 0. The van der Waals surface area contributed by atoms with Crippen molar-refractivity contribution in [1.29, 1.82) is 0 Å². The van der Waals surface area contributed by atoms with Crippen LogP contribution in [0.25, 0.3) is 0 Å². The third-order valence-electron chi connectivity index (χ3n) is 3.16. The zero-order valence-corrected chi connectivity index (χ0v) is 13.1. The van der Waals surface area contributed by atoms with Crippen molar-refractivity contribution in [2.24, 2.45) is 5.73 Å². The molecule has 0 radical (unpaired) electrons. The summed E-state index contributed by atoms with van der Waals surface area (Å²) in [5.41, 5.74) is 5.50. The Morgan fingerprint density at radius 2 is 2.05 bits per heavy atom. The van der Waals surface area contributed by atoms with E-state index in [1.54, 1.807) is 0 Å². The van der Waals surface area contributed by atoms with E-state index in [0.29, 0.717) is 0 Å². The van der Waals surface area contributed by atoms with Crippen LogP contribution in [0.4, 0.5) is 0 Å². The van der Waals surface area contributed by atoms with Crippen LogP contribution in [0.3, 0.4) is 0 Å². The van der Waals surface area contributed by atoms with Gasteiger partial charge in [-0.05, 0) is 26.3 Å². The van der Waals surface area contributed by atoms with Gasteiger partial charge in [0.1, 0.15) is 0 Å². The van der Waals surface area contributed by atoms with E-state index >= 15 is 0 Å². The molecule has 122 valence electrons. The van der Waals surface area contributed by atoms with Crippen LogP contribution in [-0.4, -0.2) is 67.0 Å². The Morgan fingerprint density at radius 1 is 1.50 bits per heavy atom. The van der Waals surface area contributed by atoms with Crippen LogP contribution in [-0.2, 0) is 23.9 Å². The fourth-order valence-corrected chi connectivity index (χ4v) is 2.70. The first-order valence-corrected chi connectivity index (χ1v) is 7.77. The number of hydrogen-bond acceptors (Lipinski definition) is 6. The number of rotatable bonds is 6. The maximum absolute atomic E-state index is 11.7. The van der Waals surface area contributed by atoms with Gasteiger partial charge in [0.15, 0.2) is 10.5 Å². The molecule has 1 aliphatic heterocycles. The van der Waals surface area contributed by atoms with Gasteiger partial charge in [-0.15, -0.1) is 0 Å². The van der Waals surface area contributed by atoms with Crippen LogP contribution in [0, 0.1) is 0 Å². The topological polar surface area (TPSA) is 116 Å². The predicted octanol–water partition coefficient (Wildman–Crippen LogP) is -0.415. The van der Waals surface area contributed by atoms with Crippen LogP contribution in [0.1, 0.15) is 26.7 Å². The van der Waals surface area contributed by atoms with Gasteiger partial charge in [-0.25, -0.2) is 0 Å². The molecule has 0 aromatic heterocycles. The average molecular weight is 342 g/mol. The number of nitrogens with two attached hydrogens (primary N) is 1. The number of carbonyl (C=O) groups is 2. The molecule has 0 saturated carbocycles. The number of carbonyl (C=O) groups excluding carboxylic acids is 2. The molecule has 2 atom stereocenters. The van der Waals surface area contributed by atoms with E-state index in [1.165, 1.54) is 13.8 Å². The summed E-state index contributed by atoms with van der Waals surface area (Å²) in [6.45, 7) is 9.85. The molecular weight excluding hydrogens is 319 g/mol. The van der Waals surface area contributed by atoms with E-state index < -0.39 is 26.7 Å². The molecule has 1 aliphatic rings. The molecule has 0 aliphatic carbocycles. The molecule has 1 heterocycles. The normalized spacial score (nSPS) is 17.5. The first-order valence-electron chi connectivity index (χ1n) is 6.36. The van der Waals surface area contributed by atoms with Crippen molar-refractivity contribution in [2.75, 3.05) is 6.54 Å². The van der Waals surface area contributed by atoms with E-state index in [1.807, 2.05) is 0 Å². The van der Waals surface area contributed by atoms with Crippen molar-refractivity contribution in [3.05, 3.63) is 25.5 Å². The van der Waals surface area contributed by atoms with Gasteiger partial charge in [-0.3, -0.25) is 9.59 Å². The van der Waals surface area contributed by atoms with Crippen LogP contribution in [0.2, 0.25) is 0 Å². The Labute approximate surface area is 153 Å². The Morgan fingerprint density at radius 3 is 2.27 bits per heavy atom. The maximum atomic E-state index is 11.7. The van der Waals surface area contributed by atoms with E-state index in [4.69, 9.17) is 5.73 Å². The second-order valence-electron chi connectivity index (χ2n) is 4.63. The number of ketones is 1.